The van der Waals surface area contributed by atoms with Crippen LogP contribution in [0.5, 0.6) is 23.0 Å². The quantitative estimate of drug-likeness (QED) is 0.0338. The van der Waals surface area contributed by atoms with E-state index < -0.39 is 11.8 Å². The molecule has 0 aromatic heterocycles. The summed E-state index contributed by atoms with van der Waals surface area (Å²) in [5, 5.41) is 24.9. The third kappa shape index (κ3) is 12.3. The van der Waals surface area contributed by atoms with Crippen molar-refractivity contribution in [2.75, 3.05) is 59.5 Å². The van der Waals surface area contributed by atoms with Crippen molar-refractivity contribution >= 4 is 11.6 Å². The largest absolute Gasteiger partial charge is 0.492 e. The van der Waals surface area contributed by atoms with E-state index in [9.17, 15) is 10.2 Å². The van der Waals surface area contributed by atoms with Gasteiger partial charge in [0.1, 0.15) is 30.8 Å². The first-order valence-corrected chi connectivity index (χ1v) is 25.2. The smallest absolute Gasteiger partial charge is 0.239 e. The third-order valence-electron chi connectivity index (χ3n) is 14.1. The van der Waals surface area contributed by atoms with Gasteiger partial charge in [-0.15, -0.1) is 6.58 Å². The van der Waals surface area contributed by atoms with E-state index in [-0.39, 0.29) is 56.2 Å². The molecule has 5 aliphatic rings. The van der Waals surface area contributed by atoms with Gasteiger partial charge in [0.05, 0.1) is 18.2 Å². The van der Waals surface area contributed by atoms with Crippen molar-refractivity contribution in [1.82, 2.24) is 9.80 Å². The van der Waals surface area contributed by atoms with E-state index in [4.69, 9.17) is 33.7 Å². The van der Waals surface area contributed by atoms with Gasteiger partial charge in [0.25, 0.3) is 0 Å². The van der Waals surface area contributed by atoms with Crippen LogP contribution in [-0.2, 0) is 20.9 Å². The number of rotatable bonds is 30. The Hall–Kier alpha value is -4.10. The van der Waals surface area contributed by atoms with Crippen LogP contribution in [-0.4, -0.2) is 103 Å². The first-order valence-electron chi connectivity index (χ1n) is 25.2. The molecule has 0 radical (unpaired) electrons. The highest BCUT2D eigenvalue weighted by Crippen LogP contribution is 2.62. The Balaban J connectivity index is 1.33. The van der Waals surface area contributed by atoms with Gasteiger partial charge in [-0.1, -0.05) is 94.5 Å². The number of nitrogens with zero attached hydrogens (tertiary/aromatic N) is 3. The van der Waals surface area contributed by atoms with Crippen molar-refractivity contribution in [1.29, 1.82) is 0 Å². The van der Waals surface area contributed by atoms with Crippen LogP contribution in [0.3, 0.4) is 0 Å². The lowest BCUT2D eigenvalue weighted by atomic mass is 9.55. The second kappa shape index (κ2) is 24.6. The average molecular weight is 900 g/mol. The summed E-state index contributed by atoms with van der Waals surface area (Å²) in [4.78, 5) is 25.5. The number of aliphatic hydroxyl groups is 2. The van der Waals surface area contributed by atoms with Crippen LogP contribution in [0.15, 0.2) is 65.9 Å². The highest BCUT2D eigenvalue weighted by atomic mass is 16.7. The lowest BCUT2D eigenvalue weighted by Crippen LogP contribution is -2.70. The van der Waals surface area contributed by atoms with Crippen LogP contribution in [0.1, 0.15) is 140 Å². The molecule has 1 saturated carbocycles. The molecule has 6 unspecified atom stereocenters. The fraction of sp³-hybridized carbons (Fsp3) is 0.660. The van der Waals surface area contributed by atoms with E-state index in [1.54, 1.807) is 6.08 Å². The third-order valence-corrected chi connectivity index (χ3v) is 14.1. The number of oxime groups is 1. The van der Waals surface area contributed by atoms with Gasteiger partial charge in [0, 0.05) is 63.7 Å². The maximum atomic E-state index is 15.2. The van der Waals surface area contributed by atoms with Gasteiger partial charge >= 0.3 is 0 Å². The van der Waals surface area contributed by atoms with E-state index in [0.717, 1.165) is 105 Å². The summed E-state index contributed by atoms with van der Waals surface area (Å²) >= 11 is 0. The lowest BCUT2D eigenvalue weighted by molar-refractivity contribution is -0.258. The molecule has 6 atom stereocenters. The Morgan fingerprint density at radius 1 is 0.908 bits per heavy atom. The minimum absolute atomic E-state index is 0.0404. The zero-order chi connectivity index (χ0) is 45.4. The van der Waals surface area contributed by atoms with E-state index in [1.165, 1.54) is 38.5 Å². The molecule has 3 heterocycles. The predicted octanol–water partition coefficient (Wildman–Crippen LogP) is 9.71. The second-order valence-corrected chi connectivity index (χ2v) is 18.7. The maximum Gasteiger partial charge on any atom is 0.239 e. The number of carbonyl (C=O) groups is 1. The molecule has 2 N–H and O–H groups in total. The topological polar surface area (TPSA) is 132 Å². The molecule has 2 aromatic rings. The van der Waals surface area contributed by atoms with Gasteiger partial charge < -0.3 is 43.6 Å². The summed E-state index contributed by atoms with van der Waals surface area (Å²) in [6.07, 6.45) is 20.2. The fourth-order valence-electron chi connectivity index (χ4n) is 10.8. The summed E-state index contributed by atoms with van der Waals surface area (Å²) in [6.45, 7) is 13.3. The highest BCUT2D eigenvalue weighted by molar-refractivity contribution is 6.03. The van der Waals surface area contributed by atoms with E-state index >= 15 is 4.79 Å². The Morgan fingerprint density at radius 3 is 2.38 bits per heavy atom. The van der Waals surface area contributed by atoms with Gasteiger partial charge in [0.2, 0.25) is 18.5 Å². The number of amides is 1. The average Bonchev–Trinajstić information content (AvgIpc) is 4.03. The number of carbonyl (C=O) groups excluding carboxylic acids is 1. The highest BCUT2D eigenvalue weighted by Gasteiger charge is 2.65. The Morgan fingerprint density at radius 2 is 1.65 bits per heavy atom. The van der Waals surface area contributed by atoms with Crippen LogP contribution in [0.4, 0.5) is 0 Å². The van der Waals surface area contributed by atoms with Crippen LogP contribution >= 0.6 is 0 Å². The first-order chi connectivity index (χ1) is 31.9. The number of fused-ring (bicyclic) bond motifs is 3. The van der Waals surface area contributed by atoms with E-state index in [0.29, 0.717) is 50.5 Å². The van der Waals surface area contributed by atoms with Crippen molar-refractivity contribution in [3.8, 4) is 23.0 Å². The summed E-state index contributed by atoms with van der Waals surface area (Å²) in [5.74, 6) is 1.36. The molecular weight excluding hydrogens is 823 g/mol. The molecule has 65 heavy (non-hydrogen) atoms. The molecule has 358 valence electrons. The van der Waals surface area contributed by atoms with Gasteiger partial charge in [-0.3, -0.25) is 9.69 Å². The van der Waals surface area contributed by atoms with Crippen molar-refractivity contribution in [3.63, 3.8) is 0 Å². The number of allylic oxidation sites excluding steroid dienone is 1. The molecule has 0 bridgehead atoms. The van der Waals surface area contributed by atoms with Crippen LogP contribution in [0, 0.1) is 17.8 Å². The van der Waals surface area contributed by atoms with Crippen molar-refractivity contribution in [2.24, 2.45) is 22.9 Å². The molecule has 12 heteroatoms. The fourth-order valence-corrected chi connectivity index (χ4v) is 10.8. The molecule has 2 fully saturated rings. The zero-order valence-corrected chi connectivity index (χ0v) is 39.4. The normalized spacial score (nSPS) is 24.5. The molecular formula is C53H77N3O9. The summed E-state index contributed by atoms with van der Waals surface area (Å²) < 4.78 is 32.7. The number of benzene rings is 2. The summed E-state index contributed by atoms with van der Waals surface area (Å²) in [5.41, 5.74) is 3.81. The standard InChI is InChI=1S/C53H77N3O9/c1-4-7-8-9-10-11-12-13-14-21-50(59)56(37-39-22-24-47-48(33-39)62-38-61-47)49-36-45(54-64-6-3)43-34-40(19-15-17-29-57)42(20-16-18-30-58)51-44-35-41(60-32-28-55-26-27-55)23-25-46(44)65-53(49,52(43)51)63-31-5-2/h5,22-25,33-35,40,42,49,51-52,57-58H,2,4,6-21,26-32,36-38H2,1,3H3. The van der Waals surface area contributed by atoms with Gasteiger partial charge in [-0.05, 0) is 92.3 Å². The monoisotopic (exact) mass is 900 g/mol. The van der Waals surface area contributed by atoms with Crippen molar-refractivity contribution < 1.29 is 43.5 Å². The molecule has 12 nitrogen and oxygen atoms in total. The number of unbranched alkanes of at least 4 members (excludes halogenated alkanes) is 10. The second-order valence-electron chi connectivity index (χ2n) is 18.7. The molecule has 1 saturated heterocycles. The Kier molecular flexibility index (Phi) is 18.5. The molecule has 1 amide bonds. The van der Waals surface area contributed by atoms with Crippen LogP contribution in [0.2, 0.25) is 0 Å². The molecule has 7 rings (SSSR count). The Bertz CT molecular complexity index is 1900. The van der Waals surface area contributed by atoms with Crippen molar-refractivity contribution in [2.45, 2.75) is 147 Å². The first kappa shape index (κ1) is 48.8. The SMILES string of the molecule is C=CCOC12Oc3ccc(OCCN4CC4)cc3C3C(CCCCO)C(CCCCO)C=C(C(=NOCC)CC1N(Cc1ccc4c(c1)OCO4)C(=O)CCCCCCCCCCC)C32. The molecule has 3 aliphatic heterocycles. The van der Waals surface area contributed by atoms with Gasteiger partial charge in [0.15, 0.2) is 11.5 Å². The van der Waals surface area contributed by atoms with Crippen LogP contribution < -0.4 is 18.9 Å². The minimum Gasteiger partial charge on any atom is -0.492 e. The molecule has 0 spiro atoms. The minimum atomic E-state index is -1.33. The maximum absolute atomic E-state index is 15.2. The number of hydrogen-bond donors (Lipinski definition) is 2. The van der Waals surface area contributed by atoms with E-state index in [2.05, 4.69) is 30.5 Å². The zero-order valence-electron chi connectivity index (χ0n) is 39.4. The molecule has 2 aliphatic carbocycles. The van der Waals surface area contributed by atoms with Crippen molar-refractivity contribution in [3.05, 3.63) is 71.8 Å². The van der Waals surface area contributed by atoms with Crippen LogP contribution in [0.25, 0.3) is 0 Å². The molecule has 2 aromatic carbocycles. The Labute approximate surface area is 388 Å². The number of hydrogen-bond acceptors (Lipinski definition) is 11. The van der Waals surface area contributed by atoms with Gasteiger partial charge in [-0.25, -0.2) is 0 Å². The number of aliphatic hydroxyl groups excluding tert-OH is 2. The van der Waals surface area contributed by atoms with Gasteiger partial charge in [-0.2, -0.15) is 0 Å². The lowest BCUT2D eigenvalue weighted by Gasteiger charge is -2.60. The summed E-state index contributed by atoms with van der Waals surface area (Å²) in [7, 11) is 0. The van der Waals surface area contributed by atoms with E-state index in [1.807, 2.05) is 42.2 Å². The number of ether oxygens (including phenoxy) is 5. The predicted molar refractivity (Wildman–Crippen MR) is 253 cm³/mol. The summed E-state index contributed by atoms with van der Waals surface area (Å²) in [6, 6.07) is 11.5.